The maximum Gasteiger partial charge on any atom is 0.472 e. The molecule has 19 heteroatoms. The van der Waals surface area contributed by atoms with Crippen molar-refractivity contribution in [2.24, 2.45) is 11.8 Å². The Hall–Kier alpha value is -1.94. The zero-order valence-electron chi connectivity index (χ0n) is 57.7. The Morgan fingerprint density at radius 1 is 0.326 bits per heavy atom. The van der Waals surface area contributed by atoms with Gasteiger partial charge in [-0.05, 0) is 37.5 Å². The number of esters is 4. The smallest absolute Gasteiger partial charge is 0.462 e. The molecule has 0 aliphatic carbocycles. The van der Waals surface area contributed by atoms with Crippen LogP contribution < -0.4 is 0 Å². The number of aliphatic hydroxyl groups is 1. The molecule has 0 bridgehead atoms. The van der Waals surface area contributed by atoms with Crippen molar-refractivity contribution in [2.45, 2.75) is 374 Å². The number of rotatable bonds is 69. The van der Waals surface area contributed by atoms with Gasteiger partial charge in [-0.15, -0.1) is 0 Å². The molecule has 0 spiro atoms. The van der Waals surface area contributed by atoms with Crippen LogP contribution in [0, 0.1) is 11.8 Å². The second-order valence-corrected chi connectivity index (χ2v) is 28.9. The standard InChI is InChI=1S/C70H136O17P2/c1-7-10-12-14-15-16-17-18-19-20-21-22-23-24-25-26-29-36-42-48-54-69(74)87-66(59-81-68(73)53-47-41-35-30-27-28-33-39-44-50-62(4)5)61-85-89(78,79)83-57-64(71)56-82-88(76,77)84-60-65(58-80-67(72)52-46-38-13-11-8-2)86-70(75)55-49-43-37-32-31-34-40-45-51-63(6)9-3/h62-66,71H,7-61H2,1-6H3,(H,76,77)(H,78,79)/t63?,64-,65+,66+/m0/s1. The van der Waals surface area contributed by atoms with E-state index >= 15 is 0 Å². The lowest BCUT2D eigenvalue weighted by Gasteiger charge is -2.21. The topological polar surface area (TPSA) is 237 Å². The largest absolute Gasteiger partial charge is 0.472 e. The Kier molecular flexibility index (Phi) is 60.8. The molecule has 0 aliphatic rings. The Morgan fingerprint density at radius 2 is 0.573 bits per heavy atom. The first kappa shape index (κ1) is 87.1. The molecule has 89 heavy (non-hydrogen) atoms. The summed E-state index contributed by atoms with van der Waals surface area (Å²) in [6.45, 7) is 9.43. The average molecular weight is 1310 g/mol. The number of phosphoric ester groups is 2. The molecule has 0 radical (unpaired) electrons. The Bertz CT molecular complexity index is 1740. The van der Waals surface area contributed by atoms with Crippen molar-refractivity contribution >= 4 is 39.5 Å². The Morgan fingerprint density at radius 3 is 0.854 bits per heavy atom. The fraction of sp³-hybridized carbons (Fsp3) is 0.943. The summed E-state index contributed by atoms with van der Waals surface area (Å²) in [7, 11) is -9.89. The van der Waals surface area contributed by atoms with E-state index in [-0.39, 0.29) is 25.7 Å². The van der Waals surface area contributed by atoms with E-state index in [4.69, 9.17) is 37.0 Å². The summed E-state index contributed by atoms with van der Waals surface area (Å²) in [6, 6.07) is 0. The molecule has 0 aromatic carbocycles. The third-order valence-corrected chi connectivity index (χ3v) is 18.5. The van der Waals surface area contributed by atoms with Crippen LogP contribution in [0.5, 0.6) is 0 Å². The summed E-state index contributed by atoms with van der Waals surface area (Å²) >= 11 is 0. The minimum absolute atomic E-state index is 0.104. The van der Waals surface area contributed by atoms with Gasteiger partial charge in [-0.1, -0.05) is 305 Å². The van der Waals surface area contributed by atoms with Crippen molar-refractivity contribution in [3.63, 3.8) is 0 Å². The molecular weight excluding hydrogens is 1170 g/mol. The maximum atomic E-state index is 13.0. The predicted octanol–water partition coefficient (Wildman–Crippen LogP) is 20.0. The second kappa shape index (κ2) is 62.2. The highest BCUT2D eigenvalue weighted by atomic mass is 31.2. The summed E-state index contributed by atoms with van der Waals surface area (Å²) in [6.07, 6.45) is 47.7. The van der Waals surface area contributed by atoms with E-state index in [1.165, 1.54) is 167 Å². The van der Waals surface area contributed by atoms with Gasteiger partial charge in [0.15, 0.2) is 12.2 Å². The van der Waals surface area contributed by atoms with Gasteiger partial charge in [0.05, 0.1) is 26.4 Å². The molecule has 0 rings (SSSR count). The molecule has 17 nitrogen and oxygen atoms in total. The van der Waals surface area contributed by atoms with Crippen LogP contribution in [0.1, 0.15) is 356 Å². The summed E-state index contributed by atoms with van der Waals surface area (Å²) in [5, 5.41) is 10.6. The fourth-order valence-electron chi connectivity index (χ4n) is 10.6. The van der Waals surface area contributed by atoms with E-state index in [0.29, 0.717) is 25.7 Å². The number of hydrogen-bond acceptors (Lipinski definition) is 15. The summed E-state index contributed by atoms with van der Waals surface area (Å²) in [4.78, 5) is 72.2. The first-order chi connectivity index (χ1) is 42.9. The van der Waals surface area contributed by atoms with Gasteiger partial charge < -0.3 is 33.8 Å². The van der Waals surface area contributed by atoms with Crippen molar-refractivity contribution in [1.82, 2.24) is 0 Å². The first-order valence-electron chi connectivity index (χ1n) is 36.5. The second-order valence-electron chi connectivity index (χ2n) is 26.0. The van der Waals surface area contributed by atoms with E-state index in [0.717, 1.165) is 108 Å². The van der Waals surface area contributed by atoms with Crippen LogP contribution in [0.25, 0.3) is 0 Å². The number of carbonyl (C=O) groups excluding carboxylic acids is 4. The van der Waals surface area contributed by atoms with Gasteiger partial charge in [0, 0.05) is 25.7 Å². The number of carbonyl (C=O) groups is 4. The van der Waals surface area contributed by atoms with E-state index < -0.39 is 97.5 Å². The van der Waals surface area contributed by atoms with Crippen LogP contribution in [-0.4, -0.2) is 96.7 Å². The van der Waals surface area contributed by atoms with Crippen molar-refractivity contribution < 1.29 is 80.2 Å². The lowest BCUT2D eigenvalue weighted by molar-refractivity contribution is -0.161. The predicted molar refractivity (Wildman–Crippen MR) is 358 cm³/mol. The molecule has 0 heterocycles. The number of hydrogen-bond donors (Lipinski definition) is 3. The van der Waals surface area contributed by atoms with Gasteiger partial charge in [-0.2, -0.15) is 0 Å². The molecule has 0 saturated heterocycles. The third kappa shape index (κ3) is 63.2. The quantitative estimate of drug-likeness (QED) is 0.0222. The molecule has 3 unspecified atom stereocenters. The lowest BCUT2D eigenvalue weighted by Crippen LogP contribution is -2.30. The molecule has 0 saturated carbocycles. The fourth-order valence-corrected chi connectivity index (χ4v) is 12.1. The van der Waals surface area contributed by atoms with Crippen LogP contribution in [0.4, 0.5) is 0 Å². The number of aliphatic hydroxyl groups excluding tert-OH is 1. The van der Waals surface area contributed by atoms with Crippen molar-refractivity contribution in [3.05, 3.63) is 0 Å². The van der Waals surface area contributed by atoms with Crippen LogP contribution in [0.15, 0.2) is 0 Å². The summed E-state index contributed by atoms with van der Waals surface area (Å²) < 4.78 is 68.1. The van der Waals surface area contributed by atoms with Gasteiger partial charge in [-0.25, -0.2) is 9.13 Å². The monoisotopic (exact) mass is 1310 g/mol. The zero-order chi connectivity index (χ0) is 65.7. The summed E-state index contributed by atoms with van der Waals surface area (Å²) in [5.74, 6) is -0.624. The van der Waals surface area contributed by atoms with E-state index in [9.17, 15) is 43.2 Å². The van der Waals surface area contributed by atoms with E-state index in [1.807, 2.05) is 0 Å². The molecule has 0 amide bonds. The van der Waals surface area contributed by atoms with Crippen molar-refractivity contribution in [1.29, 1.82) is 0 Å². The van der Waals surface area contributed by atoms with E-state index in [2.05, 4.69) is 41.5 Å². The Balaban J connectivity index is 5.13. The van der Waals surface area contributed by atoms with Crippen LogP contribution in [0.2, 0.25) is 0 Å². The highest BCUT2D eigenvalue weighted by Gasteiger charge is 2.30. The Labute approximate surface area is 543 Å². The minimum atomic E-state index is -4.95. The van der Waals surface area contributed by atoms with Crippen LogP contribution >= 0.6 is 15.6 Å². The molecule has 0 aromatic rings. The SMILES string of the molecule is CCCCCCCCCCCCCCCCCCCCCCC(=O)O[C@H](COC(=O)CCCCCCCCCCCC(C)C)COP(=O)(O)OC[C@@H](O)COP(=O)(O)OC[C@@H](COC(=O)CCCCCCC)OC(=O)CCCCCCCCCCC(C)CC. The number of ether oxygens (including phenoxy) is 4. The normalized spacial score (nSPS) is 14.4. The van der Waals surface area contributed by atoms with Gasteiger partial charge in [0.25, 0.3) is 0 Å². The molecule has 0 aliphatic heterocycles. The van der Waals surface area contributed by atoms with Gasteiger partial charge in [0.2, 0.25) is 0 Å². The average Bonchev–Trinajstić information content (AvgIpc) is 3.72. The molecule has 6 atom stereocenters. The highest BCUT2D eigenvalue weighted by Crippen LogP contribution is 2.45. The molecule has 528 valence electrons. The maximum absolute atomic E-state index is 13.0. The zero-order valence-corrected chi connectivity index (χ0v) is 59.5. The number of unbranched alkanes of at least 4 members (excludes halogenated alkanes) is 38. The molecule has 0 aromatic heterocycles. The van der Waals surface area contributed by atoms with Crippen molar-refractivity contribution in [3.8, 4) is 0 Å². The van der Waals surface area contributed by atoms with Crippen LogP contribution in [-0.2, 0) is 65.4 Å². The van der Waals surface area contributed by atoms with Gasteiger partial charge in [0.1, 0.15) is 19.3 Å². The van der Waals surface area contributed by atoms with Crippen LogP contribution in [0.3, 0.4) is 0 Å². The van der Waals surface area contributed by atoms with E-state index in [1.54, 1.807) is 0 Å². The summed E-state index contributed by atoms with van der Waals surface area (Å²) in [5.41, 5.74) is 0. The highest BCUT2D eigenvalue weighted by molar-refractivity contribution is 7.47. The van der Waals surface area contributed by atoms with Crippen molar-refractivity contribution in [2.75, 3.05) is 39.6 Å². The van der Waals surface area contributed by atoms with Gasteiger partial charge in [-0.3, -0.25) is 37.3 Å². The molecule has 3 N–H and O–H groups in total. The lowest BCUT2D eigenvalue weighted by atomic mass is 9.99. The third-order valence-electron chi connectivity index (χ3n) is 16.6. The van der Waals surface area contributed by atoms with Gasteiger partial charge >= 0.3 is 39.5 Å². The number of phosphoric acid groups is 2. The first-order valence-corrected chi connectivity index (χ1v) is 39.5. The minimum Gasteiger partial charge on any atom is -0.462 e. The molecule has 0 fully saturated rings. The molecular formula is C70H136O17P2.